The van der Waals surface area contributed by atoms with Crippen molar-refractivity contribution in [2.24, 2.45) is 10.9 Å². The number of nitrogens with zero attached hydrogens (tertiary/aromatic N) is 2. The number of rotatable bonds is 14. The molecule has 2 fully saturated rings. The maximum Gasteiger partial charge on any atom is 0.251 e. The Hall–Kier alpha value is -3.71. The fourth-order valence-electron chi connectivity index (χ4n) is 5.86. The molecule has 7 nitrogen and oxygen atoms in total. The fourth-order valence-corrected chi connectivity index (χ4v) is 5.86. The summed E-state index contributed by atoms with van der Waals surface area (Å²) in [5.74, 6) is 0.937. The summed E-state index contributed by atoms with van der Waals surface area (Å²) >= 11 is 0. The molecule has 0 radical (unpaired) electrons. The molecule has 224 valence electrons. The van der Waals surface area contributed by atoms with Crippen LogP contribution in [0.3, 0.4) is 0 Å². The highest BCUT2D eigenvalue weighted by molar-refractivity contribution is 6.14. The van der Waals surface area contributed by atoms with E-state index in [1.165, 1.54) is 19.3 Å². The van der Waals surface area contributed by atoms with E-state index in [2.05, 4.69) is 35.6 Å². The van der Waals surface area contributed by atoms with Gasteiger partial charge in [-0.25, -0.2) is 0 Å². The number of benzene rings is 2. The quantitative estimate of drug-likeness (QED) is 0.139. The summed E-state index contributed by atoms with van der Waals surface area (Å²) in [5, 5.41) is 12.1. The van der Waals surface area contributed by atoms with Crippen molar-refractivity contribution in [2.75, 3.05) is 25.4 Å². The molecular formula is C35H47N5O2. The number of anilines is 1. The summed E-state index contributed by atoms with van der Waals surface area (Å²) in [4.78, 5) is 20.5. The number of aliphatic imine (C=N–C) groups is 1. The van der Waals surface area contributed by atoms with Gasteiger partial charge >= 0.3 is 0 Å². The summed E-state index contributed by atoms with van der Waals surface area (Å²) in [6.07, 6.45) is 15.4. The average Bonchev–Trinajstić information content (AvgIpc) is 2.98. The third-order valence-electron chi connectivity index (χ3n) is 8.77. The van der Waals surface area contributed by atoms with Gasteiger partial charge in [0.1, 0.15) is 11.9 Å². The van der Waals surface area contributed by atoms with E-state index in [1.807, 2.05) is 36.4 Å². The lowest BCUT2D eigenvalue weighted by Gasteiger charge is -2.41. The minimum absolute atomic E-state index is 0.0978. The van der Waals surface area contributed by atoms with Gasteiger partial charge < -0.3 is 20.7 Å². The Morgan fingerprint density at radius 3 is 2.40 bits per heavy atom. The van der Waals surface area contributed by atoms with Gasteiger partial charge in [-0.3, -0.25) is 15.2 Å². The number of hydrogen-bond donors (Lipinski definition) is 3. The van der Waals surface area contributed by atoms with Crippen molar-refractivity contribution in [1.82, 2.24) is 10.2 Å². The Morgan fingerprint density at radius 1 is 1.10 bits per heavy atom. The minimum atomic E-state index is -0.190. The Balaban J connectivity index is 1.39. The van der Waals surface area contributed by atoms with Crippen molar-refractivity contribution < 1.29 is 9.53 Å². The molecular weight excluding hydrogens is 522 g/mol. The lowest BCUT2D eigenvalue weighted by molar-refractivity contribution is 0.0493. The first-order valence-electron chi connectivity index (χ1n) is 15.5. The first-order valence-corrected chi connectivity index (χ1v) is 15.5. The second kappa shape index (κ2) is 15.5. The zero-order chi connectivity index (χ0) is 29.9. The Morgan fingerprint density at radius 2 is 1.79 bits per heavy atom. The van der Waals surface area contributed by atoms with E-state index in [1.54, 1.807) is 30.5 Å². The number of likely N-dealkylation sites (tertiary alicyclic amines) is 1. The minimum Gasteiger partial charge on any atom is -0.490 e. The molecule has 1 saturated carbocycles. The third-order valence-corrected chi connectivity index (χ3v) is 8.77. The van der Waals surface area contributed by atoms with Crippen LogP contribution in [0.1, 0.15) is 80.3 Å². The summed E-state index contributed by atoms with van der Waals surface area (Å²) in [6.45, 7) is 10.6. The molecule has 7 heteroatoms. The largest absolute Gasteiger partial charge is 0.490 e. The molecule has 1 unspecified atom stereocenters. The van der Waals surface area contributed by atoms with Crippen LogP contribution in [0.15, 0.2) is 72.3 Å². The second-order valence-electron chi connectivity index (χ2n) is 11.4. The Kier molecular flexibility index (Phi) is 11.5. The molecule has 0 bridgehead atoms. The molecule has 1 heterocycles. The summed E-state index contributed by atoms with van der Waals surface area (Å²) in [6, 6.07) is 13.5. The maximum absolute atomic E-state index is 13.3. The van der Waals surface area contributed by atoms with Crippen LogP contribution in [-0.2, 0) is 0 Å². The van der Waals surface area contributed by atoms with E-state index in [-0.39, 0.29) is 23.8 Å². The van der Waals surface area contributed by atoms with Crippen LogP contribution >= 0.6 is 0 Å². The standard InChI is InChI=1S/C35H47N5O2/c1-4-7-8-20-38-24-33(25(5-2)6-3)39-35(41)27-14-17-32(36)31(23-27)34(37)26-12-15-29(16-13-26)42-30-18-21-40(22-19-30)28-10-9-11-28/h4,7-8,12-17,20,23,25,28,30,33,37H,1,5-6,9-11,18-19,21-22,24,36H2,2-3H3,(H,39,41)/b8-7-,37-34?,38-20-. The molecule has 1 aliphatic carbocycles. The number of carbonyl (C=O) groups excluding carboxylic acids is 1. The topological polar surface area (TPSA) is 104 Å². The highest BCUT2D eigenvalue weighted by Crippen LogP contribution is 2.29. The SMILES string of the molecule is C=C/C=C\C=N/CC(NC(=O)c1ccc(N)c(C(=N)c2ccc(OC3CCN(C4CCC4)CC3)cc2)c1)C(CC)CC. The number of nitrogen functional groups attached to an aromatic ring is 1. The van der Waals surface area contributed by atoms with Crippen molar-refractivity contribution in [1.29, 1.82) is 5.41 Å². The van der Waals surface area contributed by atoms with Gasteiger partial charge in [0.15, 0.2) is 0 Å². The Bertz CT molecular complexity index is 1250. The molecule has 0 spiro atoms. The number of allylic oxidation sites excluding steroid dienone is 3. The number of ether oxygens (including phenoxy) is 1. The third kappa shape index (κ3) is 8.19. The van der Waals surface area contributed by atoms with Crippen molar-refractivity contribution in [3.8, 4) is 5.75 Å². The number of nitrogens with two attached hydrogens (primary N) is 1. The van der Waals surface area contributed by atoms with Gasteiger partial charge in [0.25, 0.3) is 5.91 Å². The van der Waals surface area contributed by atoms with Gasteiger partial charge in [0.05, 0.1) is 18.3 Å². The van der Waals surface area contributed by atoms with Gasteiger partial charge in [-0.1, -0.05) is 51.8 Å². The fraction of sp³-hybridized carbons (Fsp3) is 0.457. The number of amides is 1. The van der Waals surface area contributed by atoms with E-state index in [0.717, 1.165) is 56.1 Å². The van der Waals surface area contributed by atoms with Crippen LogP contribution in [0.5, 0.6) is 5.75 Å². The van der Waals surface area contributed by atoms with Gasteiger partial charge in [-0.15, -0.1) is 0 Å². The predicted octanol–water partition coefficient (Wildman–Crippen LogP) is 6.43. The van der Waals surface area contributed by atoms with Crippen molar-refractivity contribution in [3.05, 3.63) is 84.0 Å². The van der Waals surface area contributed by atoms with Gasteiger partial charge in [0, 0.05) is 47.7 Å². The van der Waals surface area contributed by atoms with Gasteiger partial charge in [0.2, 0.25) is 0 Å². The summed E-state index contributed by atoms with van der Waals surface area (Å²) in [7, 11) is 0. The molecule has 1 amide bonds. The zero-order valence-electron chi connectivity index (χ0n) is 25.2. The molecule has 2 aliphatic rings. The molecule has 1 aliphatic heterocycles. The highest BCUT2D eigenvalue weighted by Gasteiger charge is 2.29. The van der Waals surface area contributed by atoms with E-state index in [0.29, 0.717) is 29.3 Å². The summed E-state index contributed by atoms with van der Waals surface area (Å²) < 4.78 is 6.28. The molecule has 2 aromatic carbocycles. The first-order chi connectivity index (χ1) is 20.4. The van der Waals surface area contributed by atoms with Crippen molar-refractivity contribution in [3.63, 3.8) is 0 Å². The Labute approximate surface area is 251 Å². The van der Waals surface area contributed by atoms with E-state index in [9.17, 15) is 4.79 Å². The maximum atomic E-state index is 13.3. The lowest BCUT2D eigenvalue weighted by atomic mass is 9.90. The number of carbonyl (C=O) groups is 1. The van der Waals surface area contributed by atoms with Crippen LogP contribution in [0, 0.1) is 11.3 Å². The van der Waals surface area contributed by atoms with Crippen LogP contribution in [0.4, 0.5) is 5.69 Å². The zero-order valence-corrected chi connectivity index (χ0v) is 25.2. The molecule has 4 N–H and O–H groups in total. The predicted molar refractivity (Wildman–Crippen MR) is 174 cm³/mol. The number of piperidine rings is 1. The van der Waals surface area contributed by atoms with Gasteiger partial charge in [-0.05, 0) is 80.1 Å². The molecule has 0 aromatic heterocycles. The molecule has 4 rings (SSSR count). The smallest absolute Gasteiger partial charge is 0.251 e. The number of hydrogen-bond acceptors (Lipinski definition) is 6. The molecule has 1 saturated heterocycles. The molecule has 42 heavy (non-hydrogen) atoms. The van der Waals surface area contributed by atoms with Gasteiger partial charge in [-0.2, -0.15) is 0 Å². The molecule has 2 aromatic rings. The average molecular weight is 570 g/mol. The van der Waals surface area contributed by atoms with Crippen LogP contribution in [0.2, 0.25) is 0 Å². The van der Waals surface area contributed by atoms with Crippen molar-refractivity contribution >= 4 is 23.5 Å². The monoisotopic (exact) mass is 569 g/mol. The second-order valence-corrected chi connectivity index (χ2v) is 11.4. The van der Waals surface area contributed by atoms with Crippen LogP contribution in [0.25, 0.3) is 0 Å². The van der Waals surface area contributed by atoms with Crippen molar-refractivity contribution in [2.45, 2.75) is 77.0 Å². The molecule has 1 atom stereocenters. The van der Waals surface area contributed by atoms with Crippen LogP contribution in [-0.4, -0.2) is 60.6 Å². The first kappa shape index (κ1) is 31.2. The van der Waals surface area contributed by atoms with E-state index < -0.39 is 0 Å². The highest BCUT2D eigenvalue weighted by atomic mass is 16.5. The van der Waals surface area contributed by atoms with E-state index >= 15 is 0 Å². The normalized spacial score (nSPS) is 17.4. The van der Waals surface area contributed by atoms with E-state index in [4.69, 9.17) is 15.9 Å². The number of nitrogens with one attached hydrogen (secondary N) is 2. The summed E-state index contributed by atoms with van der Waals surface area (Å²) in [5.41, 5.74) is 8.77. The van der Waals surface area contributed by atoms with Crippen LogP contribution < -0.4 is 15.8 Å². The lowest BCUT2D eigenvalue weighted by Crippen LogP contribution is -2.46.